The van der Waals surface area contributed by atoms with Crippen molar-refractivity contribution in [3.63, 3.8) is 0 Å². The molecule has 0 saturated heterocycles. The van der Waals surface area contributed by atoms with Gasteiger partial charge in [0.25, 0.3) is 0 Å². The number of hydrogen-bond donors (Lipinski definition) is 1. The summed E-state index contributed by atoms with van der Waals surface area (Å²) in [7, 11) is 0. The predicted molar refractivity (Wildman–Crippen MR) is 70.6 cm³/mol. The zero-order chi connectivity index (χ0) is 13.2. The zero-order valence-electron chi connectivity index (χ0n) is 11.5. The van der Waals surface area contributed by atoms with E-state index in [1.165, 1.54) is 19.3 Å². The van der Waals surface area contributed by atoms with Crippen LogP contribution in [0.2, 0.25) is 0 Å². The van der Waals surface area contributed by atoms with Gasteiger partial charge in [-0.25, -0.2) is 0 Å². The van der Waals surface area contributed by atoms with Crippen LogP contribution in [-0.2, 0) is 4.79 Å². The Bertz CT molecular complexity index is 346. The van der Waals surface area contributed by atoms with Crippen molar-refractivity contribution in [3.8, 4) is 6.07 Å². The quantitative estimate of drug-likeness (QED) is 0.831. The lowest BCUT2D eigenvalue weighted by molar-refractivity contribution is -0.126. The van der Waals surface area contributed by atoms with E-state index in [1.54, 1.807) is 0 Å². The first-order valence-electron chi connectivity index (χ1n) is 7.33. The molecule has 0 aromatic carbocycles. The Kier molecular flexibility index (Phi) is 3.94. The van der Waals surface area contributed by atoms with E-state index in [1.807, 2.05) is 6.92 Å². The molecule has 1 atom stereocenters. The highest BCUT2D eigenvalue weighted by atomic mass is 16.2. The van der Waals surface area contributed by atoms with E-state index in [9.17, 15) is 10.1 Å². The molecule has 3 nitrogen and oxygen atoms in total. The summed E-state index contributed by atoms with van der Waals surface area (Å²) in [5, 5.41) is 12.5. The van der Waals surface area contributed by atoms with Crippen LogP contribution in [0.15, 0.2) is 0 Å². The molecule has 1 N–H and O–H groups in total. The minimum Gasteiger partial charge on any atom is -0.338 e. The highest BCUT2D eigenvalue weighted by Crippen LogP contribution is 2.38. The monoisotopic (exact) mass is 248 g/mol. The molecule has 0 heterocycles. The lowest BCUT2D eigenvalue weighted by Gasteiger charge is -2.36. The summed E-state index contributed by atoms with van der Waals surface area (Å²) in [6.07, 6.45) is 7.33. The van der Waals surface area contributed by atoms with Crippen LogP contribution in [0.3, 0.4) is 0 Å². The molecule has 100 valence electrons. The van der Waals surface area contributed by atoms with Crippen LogP contribution in [0.1, 0.15) is 58.8 Å². The van der Waals surface area contributed by atoms with Crippen LogP contribution in [0.4, 0.5) is 0 Å². The van der Waals surface area contributed by atoms with Gasteiger partial charge in [-0.2, -0.15) is 5.26 Å². The number of nitrogens with one attached hydrogen (secondary N) is 1. The third kappa shape index (κ3) is 2.85. The first-order chi connectivity index (χ1) is 8.60. The van der Waals surface area contributed by atoms with Gasteiger partial charge in [0, 0.05) is 5.92 Å². The van der Waals surface area contributed by atoms with E-state index in [4.69, 9.17) is 0 Å². The third-order valence-electron chi connectivity index (χ3n) is 4.86. The number of amides is 1. The van der Waals surface area contributed by atoms with Crippen molar-refractivity contribution < 1.29 is 4.79 Å². The molecule has 1 unspecified atom stereocenters. The molecule has 2 aliphatic carbocycles. The Morgan fingerprint density at radius 2 is 2.00 bits per heavy atom. The molecule has 0 aromatic heterocycles. The molecule has 2 aliphatic rings. The van der Waals surface area contributed by atoms with Crippen molar-refractivity contribution in [1.29, 1.82) is 5.26 Å². The van der Waals surface area contributed by atoms with Crippen molar-refractivity contribution in [2.45, 2.75) is 64.3 Å². The second kappa shape index (κ2) is 5.30. The predicted octanol–water partition coefficient (Wildman–Crippen LogP) is 3.01. The Hall–Kier alpha value is -1.04. The first kappa shape index (κ1) is 13.4. The molecule has 0 aliphatic heterocycles. The average Bonchev–Trinajstić information content (AvgIpc) is 3.23. The van der Waals surface area contributed by atoms with Crippen molar-refractivity contribution in [1.82, 2.24) is 5.32 Å². The van der Waals surface area contributed by atoms with Gasteiger partial charge in [-0.15, -0.1) is 0 Å². The number of carbonyl (C=O) groups excluding carboxylic acids is 1. The average molecular weight is 248 g/mol. The molecule has 18 heavy (non-hydrogen) atoms. The number of hydrogen-bond acceptors (Lipinski definition) is 2. The van der Waals surface area contributed by atoms with Crippen molar-refractivity contribution >= 4 is 5.91 Å². The topological polar surface area (TPSA) is 52.9 Å². The van der Waals surface area contributed by atoms with Gasteiger partial charge in [0.05, 0.1) is 6.07 Å². The second-order valence-corrected chi connectivity index (χ2v) is 6.16. The van der Waals surface area contributed by atoms with Gasteiger partial charge >= 0.3 is 0 Å². The Morgan fingerprint density at radius 3 is 2.44 bits per heavy atom. The fraction of sp³-hybridized carbons (Fsp3) is 0.867. The van der Waals surface area contributed by atoms with Crippen molar-refractivity contribution in [2.24, 2.45) is 17.8 Å². The molecular formula is C15H24N2O. The van der Waals surface area contributed by atoms with Crippen molar-refractivity contribution in [3.05, 3.63) is 0 Å². The maximum absolute atomic E-state index is 12.1. The van der Waals surface area contributed by atoms with E-state index in [0.29, 0.717) is 5.92 Å². The molecular weight excluding hydrogens is 224 g/mol. The van der Waals surface area contributed by atoms with Crippen LogP contribution in [0.25, 0.3) is 0 Å². The molecule has 2 rings (SSSR count). The summed E-state index contributed by atoms with van der Waals surface area (Å²) in [6, 6.07) is 2.38. The molecule has 0 aromatic rings. The van der Waals surface area contributed by atoms with Gasteiger partial charge < -0.3 is 5.32 Å². The van der Waals surface area contributed by atoms with Crippen LogP contribution >= 0.6 is 0 Å². The second-order valence-electron chi connectivity index (χ2n) is 6.16. The molecule has 0 radical (unpaired) electrons. The summed E-state index contributed by atoms with van der Waals surface area (Å²) in [5.41, 5.74) is -0.577. The maximum Gasteiger partial charge on any atom is 0.224 e. The fourth-order valence-electron chi connectivity index (χ4n) is 3.00. The number of nitriles is 1. The summed E-state index contributed by atoms with van der Waals surface area (Å²) >= 11 is 0. The molecule has 2 fully saturated rings. The van der Waals surface area contributed by atoms with Gasteiger partial charge in [-0.3, -0.25) is 4.79 Å². The number of nitrogens with zero attached hydrogens (tertiary/aromatic N) is 1. The SMILES string of the molecule is CCC1CCC(C#N)(NC(=O)C(C)C2CC2)CC1. The molecule has 3 heteroatoms. The van der Waals surface area contributed by atoms with E-state index in [0.717, 1.165) is 31.6 Å². The van der Waals surface area contributed by atoms with Crippen LogP contribution < -0.4 is 5.32 Å². The summed E-state index contributed by atoms with van der Waals surface area (Å²) in [6.45, 7) is 4.20. The zero-order valence-corrected chi connectivity index (χ0v) is 11.5. The molecule has 0 bridgehead atoms. The van der Waals surface area contributed by atoms with Gasteiger partial charge in [0.1, 0.15) is 5.54 Å². The van der Waals surface area contributed by atoms with Gasteiger partial charge in [-0.05, 0) is 50.4 Å². The lowest BCUT2D eigenvalue weighted by atomic mass is 9.76. The van der Waals surface area contributed by atoms with Crippen LogP contribution in [-0.4, -0.2) is 11.4 Å². The minimum atomic E-state index is -0.577. The Balaban J connectivity index is 1.92. The van der Waals surface area contributed by atoms with Gasteiger partial charge in [0.2, 0.25) is 5.91 Å². The minimum absolute atomic E-state index is 0.0825. The van der Waals surface area contributed by atoms with E-state index in [2.05, 4.69) is 18.3 Å². The molecule has 1 amide bonds. The van der Waals surface area contributed by atoms with Gasteiger partial charge in [-0.1, -0.05) is 20.3 Å². The highest BCUT2D eigenvalue weighted by Gasteiger charge is 2.40. The number of rotatable bonds is 4. The maximum atomic E-state index is 12.1. The lowest BCUT2D eigenvalue weighted by Crippen LogP contribution is -2.51. The van der Waals surface area contributed by atoms with Gasteiger partial charge in [0.15, 0.2) is 0 Å². The highest BCUT2D eigenvalue weighted by molar-refractivity contribution is 5.80. The standard InChI is InChI=1S/C15H24N2O/c1-3-12-6-8-15(10-16,9-7-12)17-14(18)11(2)13-4-5-13/h11-13H,3-9H2,1-2H3,(H,17,18). The Morgan fingerprint density at radius 1 is 1.39 bits per heavy atom. The smallest absolute Gasteiger partial charge is 0.224 e. The van der Waals surface area contributed by atoms with E-state index in [-0.39, 0.29) is 11.8 Å². The normalized spacial score (nSPS) is 33.5. The van der Waals surface area contributed by atoms with Crippen molar-refractivity contribution in [2.75, 3.05) is 0 Å². The fourth-order valence-corrected chi connectivity index (χ4v) is 3.00. The van der Waals surface area contributed by atoms with E-state index < -0.39 is 5.54 Å². The van der Waals surface area contributed by atoms with Crippen LogP contribution in [0.5, 0.6) is 0 Å². The summed E-state index contributed by atoms with van der Waals surface area (Å²) in [4.78, 5) is 12.1. The largest absolute Gasteiger partial charge is 0.338 e. The van der Waals surface area contributed by atoms with E-state index >= 15 is 0 Å². The molecule has 2 saturated carbocycles. The Labute approximate surface area is 110 Å². The summed E-state index contributed by atoms with van der Waals surface area (Å²) in [5.74, 6) is 1.48. The molecule has 0 spiro atoms. The van der Waals surface area contributed by atoms with Crippen LogP contribution in [0, 0.1) is 29.1 Å². The number of carbonyl (C=O) groups is 1. The first-order valence-corrected chi connectivity index (χ1v) is 7.33. The third-order valence-corrected chi connectivity index (χ3v) is 4.86. The summed E-state index contributed by atoms with van der Waals surface area (Å²) < 4.78 is 0.